The van der Waals surface area contributed by atoms with Crippen LogP contribution in [0, 0.1) is 0 Å². The predicted octanol–water partition coefficient (Wildman–Crippen LogP) is 1.41. The number of hydrogen-bond acceptors (Lipinski definition) is 3. The molecule has 5 heteroatoms. The van der Waals surface area contributed by atoms with E-state index in [1.54, 1.807) is 0 Å². The predicted molar refractivity (Wildman–Crippen MR) is 80.8 cm³/mol. The highest BCUT2D eigenvalue weighted by molar-refractivity contribution is 5.95. The molecular formula is C16H21N3O2. The van der Waals surface area contributed by atoms with Gasteiger partial charge in [-0.05, 0) is 25.0 Å². The molecule has 2 fully saturated rings. The van der Waals surface area contributed by atoms with E-state index in [4.69, 9.17) is 0 Å². The monoisotopic (exact) mass is 287 g/mol. The summed E-state index contributed by atoms with van der Waals surface area (Å²) in [5, 5.41) is 9.23. The zero-order valence-electron chi connectivity index (χ0n) is 12.0. The molecule has 2 aliphatic rings. The Kier molecular flexibility index (Phi) is 4.20. The highest BCUT2D eigenvalue weighted by Gasteiger charge is 2.36. The zero-order valence-corrected chi connectivity index (χ0v) is 12.0. The Hall–Kier alpha value is -1.88. The third-order valence-corrected chi connectivity index (χ3v) is 4.27. The minimum atomic E-state index is -0.423. The van der Waals surface area contributed by atoms with Gasteiger partial charge in [0.2, 0.25) is 11.8 Å². The SMILES string of the molecule is O=C(C[C@@H]1N[C@H]2CCCC[C@@H]2NC1=O)Nc1ccccc1. The molecule has 0 bridgehead atoms. The van der Waals surface area contributed by atoms with Crippen LogP contribution >= 0.6 is 0 Å². The van der Waals surface area contributed by atoms with Gasteiger partial charge in [0.1, 0.15) is 0 Å². The lowest BCUT2D eigenvalue weighted by Crippen LogP contribution is -2.65. The Morgan fingerprint density at radius 3 is 2.62 bits per heavy atom. The molecule has 0 radical (unpaired) electrons. The molecule has 1 aromatic carbocycles. The molecule has 2 amide bonds. The molecule has 1 aromatic rings. The molecule has 3 rings (SSSR count). The summed E-state index contributed by atoms with van der Waals surface area (Å²) in [5.41, 5.74) is 0.759. The number of fused-ring (bicyclic) bond motifs is 1. The average Bonchev–Trinajstić information content (AvgIpc) is 2.49. The molecule has 1 heterocycles. The van der Waals surface area contributed by atoms with Crippen LogP contribution in [0.4, 0.5) is 5.69 Å². The van der Waals surface area contributed by atoms with Gasteiger partial charge in [0.05, 0.1) is 12.5 Å². The molecule has 112 valence electrons. The van der Waals surface area contributed by atoms with Crippen LogP contribution in [0.5, 0.6) is 0 Å². The second-order valence-corrected chi connectivity index (χ2v) is 5.84. The molecule has 3 atom stereocenters. The summed E-state index contributed by atoms with van der Waals surface area (Å²) in [6, 6.07) is 9.43. The number of amides is 2. The number of benzene rings is 1. The van der Waals surface area contributed by atoms with E-state index < -0.39 is 6.04 Å². The minimum Gasteiger partial charge on any atom is -0.350 e. The largest absolute Gasteiger partial charge is 0.350 e. The van der Waals surface area contributed by atoms with Gasteiger partial charge in [0, 0.05) is 17.8 Å². The molecule has 1 saturated heterocycles. The normalized spacial score (nSPS) is 28.4. The summed E-state index contributed by atoms with van der Waals surface area (Å²) in [7, 11) is 0. The van der Waals surface area contributed by atoms with Crippen LogP contribution in [0.15, 0.2) is 30.3 Å². The number of anilines is 1. The Bertz CT molecular complexity index is 518. The van der Waals surface area contributed by atoms with Crippen LogP contribution in [0.1, 0.15) is 32.1 Å². The molecule has 3 N–H and O–H groups in total. The second-order valence-electron chi connectivity index (χ2n) is 5.84. The molecule has 0 unspecified atom stereocenters. The van der Waals surface area contributed by atoms with Gasteiger partial charge >= 0.3 is 0 Å². The summed E-state index contributed by atoms with van der Waals surface area (Å²) in [4.78, 5) is 24.1. The van der Waals surface area contributed by atoms with Crippen LogP contribution in [-0.4, -0.2) is 29.9 Å². The molecule has 0 aromatic heterocycles. The highest BCUT2D eigenvalue weighted by Crippen LogP contribution is 2.22. The lowest BCUT2D eigenvalue weighted by molar-refractivity contribution is -0.129. The van der Waals surface area contributed by atoms with E-state index in [-0.39, 0.29) is 24.3 Å². The lowest BCUT2D eigenvalue weighted by Gasteiger charge is -2.40. The van der Waals surface area contributed by atoms with E-state index in [0.29, 0.717) is 6.04 Å². The Morgan fingerprint density at radius 1 is 1.14 bits per heavy atom. The van der Waals surface area contributed by atoms with E-state index in [1.165, 1.54) is 12.8 Å². The Morgan fingerprint density at radius 2 is 1.86 bits per heavy atom. The number of para-hydroxylation sites is 1. The van der Waals surface area contributed by atoms with E-state index in [9.17, 15) is 9.59 Å². The average molecular weight is 287 g/mol. The van der Waals surface area contributed by atoms with Gasteiger partial charge in [-0.1, -0.05) is 31.0 Å². The van der Waals surface area contributed by atoms with E-state index in [2.05, 4.69) is 16.0 Å². The molecule has 1 saturated carbocycles. The van der Waals surface area contributed by atoms with Crippen molar-refractivity contribution in [2.45, 2.75) is 50.2 Å². The number of piperazine rings is 1. The van der Waals surface area contributed by atoms with E-state index >= 15 is 0 Å². The summed E-state index contributed by atoms with van der Waals surface area (Å²) < 4.78 is 0. The minimum absolute atomic E-state index is 0.0543. The van der Waals surface area contributed by atoms with Crippen LogP contribution in [-0.2, 0) is 9.59 Å². The van der Waals surface area contributed by atoms with Gasteiger partial charge in [-0.15, -0.1) is 0 Å². The first kappa shape index (κ1) is 14.1. The second kappa shape index (κ2) is 6.26. The summed E-state index contributed by atoms with van der Waals surface area (Å²) in [5.74, 6) is -0.190. The van der Waals surface area contributed by atoms with Crippen LogP contribution in [0.2, 0.25) is 0 Å². The van der Waals surface area contributed by atoms with Crippen molar-refractivity contribution in [1.82, 2.24) is 10.6 Å². The number of nitrogens with one attached hydrogen (secondary N) is 3. The van der Waals surface area contributed by atoms with Crippen LogP contribution in [0.3, 0.4) is 0 Å². The maximum Gasteiger partial charge on any atom is 0.237 e. The summed E-state index contributed by atoms with van der Waals surface area (Å²) in [6.07, 6.45) is 4.63. The number of rotatable bonds is 3. The van der Waals surface area contributed by atoms with Gasteiger partial charge in [0.15, 0.2) is 0 Å². The van der Waals surface area contributed by atoms with Gasteiger partial charge < -0.3 is 16.0 Å². The number of carbonyl (C=O) groups is 2. The molecule has 1 aliphatic heterocycles. The van der Waals surface area contributed by atoms with Gasteiger partial charge in [-0.3, -0.25) is 9.59 Å². The first-order chi connectivity index (χ1) is 10.2. The Labute approximate surface area is 124 Å². The maximum atomic E-state index is 12.1. The summed E-state index contributed by atoms with van der Waals surface area (Å²) >= 11 is 0. The van der Waals surface area contributed by atoms with Crippen molar-refractivity contribution >= 4 is 17.5 Å². The first-order valence-corrected chi connectivity index (χ1v) is 7.64. The number of carbonyl (C=O) groups excluding carboxylic acids is 2. The number of hydrogen-bond donors (Lipinski definition) is 3. The van der Waals surface area contributed by atoms with Gasteiger partial charge in [-0.2, -0.15) is 0 Å². The van der Waals surface area contributed by atoms with Crippen LogP contribution < -0.4 is 16.0 Å². The topological polar surface area (TPSA) is 70.2 Å². The first-order valence-electron chi connectivity index (χ1n) is 7.64. The third kappa shape index (κ3) is 3.42. The fourth-order valence-corrected chi connectivity index (χ4v) is 3.19. The summed E-state index contributed by atoms with van der Waals surface area (Å²) in [6.45, 7) is 0. The molecule has 5 nitrogen and oxygen atoms in total. The molecule has 1 aliphatic carbocycles. The standard InChI is InChI=1S/C16H21N3O2/c20-15(17-11-6-2-1-3-7-11)10-14-16(21)19-13-9-5-4-8-12(13)18-14/h1-3,6-7,12-14,18H,4-5,8-10H2,(H,17,20)(H,19,21)/t12-,13-,14-/m0/s1. The molecule has 21 heavy (non-hydrogen) atoms. The van der Waals surface area contributed by atoms with Crippen molar-refractivity contribution in [2.75, 3.05) is 5.32 Å². The maximum absolute atomic E-state index is 12.1. The fourth-order valence-electron chi connectivity index (χ4n) is 3.19. The van der Waals surface area contributed by atoms with Crippen molar-refractivity contribution in [2.24, 2.45) is 0 Å². The Balaban J connectivity index is 1.56. The van der Waals surface area contributed by atoms with Gasteiger partial charge in [0.25, 0.3) is 0 Å². The third-order valence-electron chi connectivity index (χ3n) is 4.27. The fraction of sp³-hybridized carbons (Fsp3) is 0.500. The quantitative estimate of drug-likeness (QED) is 0.787. The van der Waals surface area contributed by atoms with Crippen molar-refractivity contribution in [3.05, 3.63) is 30.3 Å². The zero-order chi connectivity index (χ0) is 14.7. The van der Waals surface area contributed by atoms with E-state index in [1.807, 2.05) is 30.3 Å². The lowest BCUT2D eigenvalue weighted by atomic mass is 9.87. The highest BCUT2D eigenvalue weighted by atomic mass is 16.2. The van der Waals surface area contributed by atoms with E-state index in [0.717, 1.165) is 18.5 Å². The van der Waals surface area contributed by atoms with Crippen LogP contribution in [0.25, 0.3) is 0 Å². The molecule has 0 spiro atoms. The van der Waals surface area contributed by atoms with Crippen molar-refractivity contribution < 1.29 is 9.59 Å². The molecular weight excluding hydrogens is 266 g/mol. The van der Waals surface area contributed by atoms with Crippen molar-refractivity contribution in [3.63, 3.8) is 0 Å². The van der Waals surface area contributed by atoms with Gasteiger partial charge in [-0.25, -0.2) is 0 Å². The smallest absolute Gasteiger partial charge is 0.237 e. The van der Waals surface area contributed by atoms with Crippen molar-refractivity contribution in [1.29, 1.82) is 0 Å². The van der Waals surface area contributed by atoms with Crippen molar-refractivity contribution in [3.8, 4) is 0 Å².